The van der Waals surface area contributed by atoms with Gasteiger partial charge in [-0.3, -0.25) is 5.32 Å². The number of rotatable bonds is 4. The van der Waals surface area contributed by atoms with E-state index < -0.39 is 12.5 Å². The fourth-order valence-electron chi connectivity index (χ4n) is 2.76. The zero-order valence-corrected chi connectivity index (χ0v) is 11.5. The highest BCUT2D eigenvalue weighted by molar-refractivity contribution is 5.30. The van der Waals surface area contributed by atoms with Crippen LogP contribution in [0.15, 0.2) is 24.3 Å². The Morgan fingerprint density at radius 2 is 1.75 bits per heavy atom. The summed E-state index contributed by atoms with van der Waals surface area (Å²) in [6.07, 6.45) is 4.47. The summed E-state index contributed by atoms with van der Waals surface area (Å²) in [5.74, 6) is 0. The molecule has 0 radical (unpaired) electrons. The van der Waals surface area contributed by atoms with Crippen LogP contribution in [-0.2, 0) is 0 Å². The van der Waals surface area contributed by atoms with Gasteiger partial charge >= 0.3 is 0 Å². The quantitative estimate of drug-likeness (QED) is 0.823. The molecule has 1 aliphatic carbocycles. The predicted octanol–water partition coefficient (Wildman–Crippen LogP) is 4.50. The molecule has 0 aliphatic heterocycles. The SMILES string of the molecule is N#CC(NC1CCCCCC1)c1cccc(C(F)F)c1. The number of halogens is 2. The van der Waals surface area contributed by atoms with Crippen LogP contribution in [0.3, 0.4) is 0 Å². The Bertz CT molecular complexity index is 460. The molecule has 1 atom stereocenters. The maximum atomic E-state index is 12.7. The highest BCUT2D eigenvalue weighted by atomic mass is 19.3. The Kier molecular flexibility index (Phi) is 5.49. The van der Waals surface area contributed by atoms with E-state index in [4.69, 9.17) is 0 Å². The van der Waals surface area contributed by atoms with Crippen LogP contribution in [0.4, 0.5) is 8.78 Å². The monoisotopic (exact) mass is 278 g/mol. The molecular weight excluding hydrogens is 258 g/mol. The Morgan fingerprint density at radius 3 is 2.35 bits per heavy atom. The van der Waals surface area contributed by atoms with Crippen LogP contribution in [0.2, 0.25) is 0 Å². The lowest BCUT2D eigenvalue weighted by Crippen LogP contribution is -2.31. The summed E-state index contributed by atoms with van der Waals surface area (Å²) in [5, 5.41) is 12.6. The minimum Gasteiger partial charge on any atom is -0.295 e. The number of benzene rings is 1. The summed E-state index contributed by atoms with van der Waals surface area (Å²) in [5.41, 5.74) is 0.611. The van der Waals surface area contributed by atoms with Crippen molar-refractivity contribution in [3.63, 3.8) is 0 Å². The van der Waals surface area contributed by atoms with E-state index in [1.165, 1.54) is 37.8 Å². The maximum Gasteiger partial charge on any atom is 0.263 e. The standard InChI is InChI=1S/C16H20F2N2/c17-16(18)13-7-5-6-12(10-13)15(11-19)20-14-8-3-1-2-4-9-14/h5-7,10,14-16,20H,1-4,8-9H2. The molecule has 2 nitrogen and oxygen atoms in total. The Balaban J connectivity index is 2.07. The summed E-state index contributed by atoms with van der Waals surface area (Å²) < 4.78 is 25.4. The molecule has 1 fully saturated rings. The van der Waals surface area contributed by atoms with Crippen LogP contribution in [0.25, 0.3) is 0 Å². The van der Waals surface area contributed by atoms with Crippen molar-refractivity contribution in [2.24, 2.45) is 0 Å². The number of hydrogen-bond acceptors (Lipinski definition) is 2. The second-order valence-electron chi connectivity index (χ2n) is 5.39. The zero-order chi connectivity index (χ0) is 14.4. The van der Waals surface area contributed by atoms with E-state index in [1.807, 2.05) is 0 Å². The summed E-state index contributed by atoms with van der Waals surface area (Å²) in [6, 6.07) is 8.17. The van der Waals surface area contributed by atoms with Gasteiger partial charge in [0.15, 0.2) is 0 Å². The van der Waals surface area contributed by atoms with E-state index in [9.17, 15) is 14.0 Å². The smallest absolute Gasteiger partial charge is 0.263 e. The lowest BCUT2D eigenvalue weighted by Gasteiger charge is -2.21. The predicted molar refractivity (Wildman–Crippen MR) is 74.4 cm³/mol. The van der Waals surface area contributed by atoms with Gasteiger partial charge in [0, 0.05) is 11.6 Å². The van der Waals surface area contributed by atoms with Crippen LogP contribution in [0, 0.1) is 11.3 Å². The van der Waals surface area contributed by atoms with E-state index in [2.05, 4.69) is 11.4 Å². The Hall–Kier alpha value is -1.47. The molecule has 0 bridgehead atoms. The fraction of sp³-hybridized carbons (Fsp3) is 0.562. The van der Waals surface area contributed by atoms with Gasteiger partial charge in [-0.15, -0.1) is 0 Å². The molecule has 0 aromatic heterocycles. The first-order valence-corrected chi connectivity index (χ1v) is 7.24. The summed E-state index contributed by atoms with van der Waals surface area (Å²) >= 11 is 0. The highest BCUT2D eigenvalue weighted by Crippen LogP contribution is 2.24. The molecular formula is C16H20F2N2. The zero-order valence-electron chi connectivity index (χ0n) is 11.5. The van der Waals surface area contributed by atoms with E-state index in [1.54, 1.807) is 12.1 Å². The van der Waals surface area contributed by atoms with Crippen molar-refractivity contribution < 1.29 is 8.78 Å². The van der Waals surface area contributed by atoms with Crippen LogP contribution < -0.4 is 5.32 Å². The number of alkyl halides is 2. The van der Waals surface area contributed by atoms with Crippen molar-refractivity contribution >= 4 is 0 Å². The molecule has 1 aliphatic rings. The molecule has 0 spiro atoms. The summed E-state index contributed by atoms with van der Waals surface area (Å²) in [6.45, 7) is 0. The first-order chi connectivity index (χ1) is 9.70. The molecule has 20 heavy (non-hydrogen) atoms. The van der Waals surface area contributed by atoms with Crippen LogP contribution in [0.5, 0.6) is 0 Å². The lowest BCUT2D eigenvalue weighted by molar-refractivity contribution is 0.151. The summed E-state index contributed by atoms with van der Waals surface area (Å²) in [4.78, 5) is 0. The van der Waals surface area contributed by atoms with Crippen molar-refractivity contribution in [1.29, 1.82) is 5.26 Å². The van der Waals surface area contributed by atoms with E-state index in [0.29, 0.717) is 11.6 Å². The molecule has 0 amide bonds. The number of nitrogens with one attached hydrogen (secondary N) is 1. The molecule has 1 aromatic carbocycles. The van der Waals surface area contributed by atoms with E-state index in [0.717, 1.165) is 12.8 Å². The molecule has 2 rings (SSSR count). The van der Waals surface area contributed by atoms with Crippen molar-refractivity contribution in [3.8, 4) is 6.07 Å². The van der Waals surface area contributed by atoms with Crippen LogP contribution in [-0.4, -0.2) is 6.04 Å². The molecule has 0 saturated heterocycles. The van der Waals surface area contributed by atoms with Gasteiger partial charge in [-0.2, -0.15) is 5.26 Å². The van der Waals surface area contributed by atoms with E-state index in [-0.39, 0.29) is 5.56 Å². The fourth-order valence-corrected chi connectivity index (χ4v) is 2.76. The Morgan fingerprint density at radius 1 is 1.10 bits per heavy atom. The minimum absolute atomic E-state index is 0.0228. The normalized spacial score (nSPS) is 18.5. The van der Waals surface area contributed by atoms with Gasteiger partial charge in [0.2, 0.25) is 0 Å². The van der Waals surface area contributed by atoms with Crippen molar-refractivity contribution in [1.82, 2.24) is 5.32 Å². The van der Waals surface area contributed by atoms with Crippen molar-refractivity contribution in [2.45, 2.75) is 57.0 Å². The van der Waals surface area contributed by atoms with Crippen LogP contribution in [0.1, 0.15) is 62.1 Å². The average Bonchev–Trinajstić information content (AvgIpc) is 2.73. The third-order valence-corrected chi connectivity index (χ3v) is 3.88. The molecule has 4 heteroatoms. The second-order valence-corrected chi connectivity index (χ2v) is 5.39. The van der Waals surface area contributed by atoms with Gasteiger partial charge in [0.1, 0.15) is 6.04 Å². The molecule has 0 heterocycles. The van der Waals surface area contributed by atoms with Crippen LogP contribution >= 0.6 is 0 Å². The Labute approximate surface area is 118 Å². The third-order valence-electron chi connectivity index (χ3n) is 3.88. The molecule has 108 valence electrons. The van der Waals surface area contributed by atoms with Gasteiger partial charge in [-0.05, 0) is 24.5 Å². The van der Waals surface area contributed by atoms with Gasteiger partial charge in [-0.1, -0.05) is 43.9 Å². The first kappa shape index (κ1) is 14.9. The van der Waals surface area contributed by atoms with Gasteiger partial charge in [0.05, 0.1) is 6.07 Å². The molecule has 1 aromatic rings. The number of nitriles is 1. The topological polar surface area (TPSA) is 35.8 Å². The number of nitrogens with zero attached hydrogens (tertiary/aromatic N) is 1. The lowest BCUT2D eigenvalue weighted by atomic mass is 10.0. The van der Waals surface area contributed by atoms with Gasteiger partial charge in [0.25, 0.3) is 6.43 Å². The van der Waals surface area contributed by atoms with E-state index >= 15 is 0 Å². The largest absolute Gasteiger partial charge is 0.295 e. The maximum absolute atomic E-state index is 12.7. The highest BCUT2D eigenvalue weighted by Gasteiger charge is 2.19. The van der Waals surface area contributed by atoms with Gasteiger partial charge < -0.3 is 0 Å². The third kappa shape index (κ3) is 4.01. The van der Waals surface area contributed by atoms with Crippen molar-refractivity contribution in [3.05, 3.63) is 35.4 Å². The molecule has 1 saturated carbocycles. The van der Waals surface area contributed by atoms with Gasteiger partial charge in [-0.25, -0.2) is 8.78 Å². The van der Waals surface area contributed by atoms with Crippen molar-refractivity contribution in [2.75, 3.05) is 0 Å². The first-order valence-electron chi connectivity index (χ1n) is 7.24. The minimum atomic E-state index is -2.49. The summed E-state index contributed by atoms with van der Waals surface area (Å²) in [7, 11) is 0. The average molecular weight is 278 g/mol. The molecule has 1 unspecified atom stereocenters. The number of hydrogen-bond donors (Lipinski definition) is 1. The second kappa shape index (κ2) is 7.35. The molecule has 1 N–H and O–H groups in total.